The SMILES string of the molecule is CCOC(=O)c1csc(-c2csc(C(C)(C)O)n2)n1. The van der Waals surface area contributed by atoms with Crippen molar-refractivity contribution in [2.24, 2.45) is 0 Å². The first-order chi connectivity index (χ1) is 8.91. The van der Waals surface area contributed by atoms with Gasteiger partial charge in [-0.25, -0.2) is 14.8 Å². The molecule has 0 aliphatic heterocycles. The number of thiazole rings is 2. The summed E-state index contributed by atoms with van der Waals surface area (Å²) in [6.07, 6.45) is 0. The number of rotatable bonds is 4. The van der Waals surface area contributed by atoms with Crippen LogP contribution >= 0.6 is 22.7 Å². The number of carbonyl (C=O) groups is 1. The van der Waals surface area contributed by atoms with E-state index in [1.165, 1.54) is 22.7 Å². The second-order valence-corrected chi connectivity index (χ2v) is 6.07. The maximum atomic E-state index is 11.5. The van der Waals surface area contributed by atoms with Crippen molar-refractivity contribution < 1.29 is 14.6 Å². The minimum Gasteiger partial charge on any atom is -0.461 e. The summed E-state index contributed by atoms with van der Waals surface area (Å²) in [5.74, 6) is -0.428. The molecule has 0 fully saturated rings. The monoisotopic (exact) mass is 298 g/mol. The molecule has 2 aromatic heterocycles. The molecule has 7 heteroatoms. The maximum Gasteiger partial charge on any atom is 0.357 e. The third kappa shape index (κ3) is 3.17. The summed E-state index contributed by atoms with van der Waals surface area (Å²) in [6, 6.07) is 0. The zero-order chi connectivity index (χ0) is 14.0. The van der Waals surface area contributed by atoms with E-state index < -0.39 is 11.6 Å². The molecular formula is C12H14N2O3S2. The molecule has 0 bridgehead atoms. The van der Waals surface area contributed by atoms with Crippen molar-refractivity contribution in [2.45, 2.75) is 26.4 Å². The minimum atomic E-state index is -0.968. The predicted molar refractivity (Wildman–Crippen MR) is 74.4 cm³/mol. The van der Waals surface area contributed by atoms with Gasteiger partial charge in [-0.3, -0.25) is 0 Å². The smallest absolute Gasteiger partial charge is 0.357 e. The Morgan fingerprint density at radius 1 is 1.37 bits per heavy atom. The molecule has 2 aromatic rings. The Morgan fingerprint density at radius 2 is 2.11 bits per heavy atom. The van der Waals surface area contributed by atoms with Crippen LogP contribution in [0, 0.1) is 0 Å². The average molecular weight is 298 g/mol. The number of ether oxygens (including phenoxy) is 1. The summed E-state index contributed by atoms with van der Waals surface area (Å²) in [5, 5.41) is 14.6. The van der Waals surface area contributed by atoms with Gasteiger partial charge in [-0.1, -0.05) is 0 Å². The molecule has 1 N–H and O–H groups in total. The lowest BCUT2D eigenvalue weighted by Crippen LogP contribution is -2.14. The first-order valence-electron chi connectivity index (χ1n) is 5.73. The van der Waals surface area contributed by atoms with Crippen LogP contribution in [0.5, 0.6) is 0 Å². The van der Waals surface area contributed by atoms with Crippen LogP contribution in [-0.2, 0) is 10.3 Å². The summed E-state index contributed by atoms with van der Waals surface area (Å²) in [4.78, 5) is 20.1. The Hall–Kier alpha value is -1.31. The molecule has 0 unspecified atom stereocenters. The van der Waals surface area contributed by atoms with Crippen LogP contribution in [-0.4, -0.2) is 27.7 Å². The highest BCUT2D eigenvalue weighted by atomic mass is 32.1. The highest BCUT2D eigenvalue weighted by Crippen LogP contribution is 2.30. The second kappa shape index (κ2) is 5.36. The van der Waals surface area contributed by atoms with E-state index in [9.17, 15) is 9.90 Å². The van der Waals surface area contributed by atoms with Gasteiger partial charge < -0.3 is 9.84 Å². The van der Waals surface area contributed by atoms with Gasteiger partial charge in [0.15, 0.2) is 5.69 Å². The van der Waals surface area contributed by atoms with Crippen LogP contribution in [0.25, 0.3) is 10.7 Å². The summed E-state index contributed by atoms with van der Waals surface area (Å²) < 4.78 is 4.88. The Morgan fingerprint density at radius 3 is 2.68 bits per heavy atom. The summed E-state index contributed by atoms with van der Waals surface area (Å²) in [5.41, 5.74) is -0.00762. The van der Waals surface area contributed by atoms with Crippen LogP contribution in [0.3, 0.4) is 0 Å². The topological polar surface area (TPSA) is 72.3 Å². The number of aliphatic hydroxyl groups is 1. The fourth-order valence-electron chi connectivity index (χ4n) is 1.34. The van der Waals surface area contributed by atoms with Crippen molar-refractivity contribution in [3.8, 4) is 10.7 Å². The molecule has 0 aromatic carbocycles. The summed E-state index contributed by atoms with van der Waals surface area (Å²) in [7, 11) is 0. The van der Waals surface area contributed by atoms with E-state index in [2.05, 4.69) is 9.97 Å². The van der Waals surface area contributed by atoms with Gasteiger partial charge in [0.05, 0.1) is 6.61 Å². The fraction of sp³-hybridized carbons (Fsp3) is 0.417. The lowest BCUT2D eigenvalue weighted by atomic mass is 10.2. The van der Waals surface area contributed by atoms with E-state index in [4.69, 9.17) is 4.74 Å². The van der Waals surface area contributed by atoms with Gasteiger partial charge >= 0.3 is 5.97 Å². The molecule has 19 heavy (non-hydrogen) atoms. The number of aromatic nitrogens is 2. The van der Waals surface area contributed by atoms with Crippen LogP contribution in [0.4, 0.5) is 0 Å². The Balaban J connectivity index is 2.23. The van der Waals surface area contributed by atoms with E-state index in [1.807, 2.05) is 5.38 Å². The van der Waals surface area contributed by atoms with E-state index >= 15 is 0 Å². The number of hydrogen-bond acceptors (Lipinski definition) is 7. The quantitative estimate of drug-likeness (QED) is 0.879. The van der Waals surface area contributed by atoms with Gasteiger partial charge in [0.1, 0.15) is 21.3 Å². The summed E-state index contributed by atoms with van der Waals surface area (Å²) in [6.45, 7) is 5.44. The Labute approximate surface area is 118 Å². The highest BCUT2D eigenvalue weighted by Gasteiger charge is 2.22. The van der Waals surface area contributed by atoms with Gasteiger partial charge in [0.25, 0.3) is 0 Å². The molecule has 0 saturated carbocycles. The third-order valence-corrected chi connectivity index (χ3v) is 4.26. The zero-order valence-electron chi connectivity index (χ0n) is 10.8. The number of carbonyl (C=O) groups excluding carboxylic acids is 1. The van der Waals surface area contributed by atoms with E-state index in [0.717, 1.165) is 0 Å². The predicted octanol–water partition coefficient (Wildman–Crippen LogP) is 2.67. The van der Waals surface area contributed by atoms with Crippen molar-refractivity contribution in [2.75, 3.05) is 6.61 Å². The second-order valence-electron chi connectivity index (χ2n) is 4.36. The number of esters is 1. The van der Waals surface area contributed by atoms with E-state index in [-0.39, 0.29) is 0 Å². The number of nitrogens with zero attached hydrogens (tertiary/aromatic N) is 2. The van der Waals surface area contributed by atoms with Gasteiger partial charge in [-0.15, -0.1) is 22.7 Å². The first kappa shape index (κ1) is 14.1. The molecule has 0 amide bonds. The molecule has 0 radical (unpaired) electrons. The van der Waals surface area contributed by atoms with Gasteiger partial charge in [0.2, 0.25) is 0 Å². The molecule has 102 valence electrons. The molecule has 0 spiro atoms. The van der Waals surface area contributed by atoms with Crippen molar-refractivity contribution in [3.63, 3.8) is 0 Å². The third-order valence-electron chi connectivity index (χ3n) is 2.24. The van der Waals surface area contributed by atoms with Crippen LogP contribution in [0.15, 0.2) is 10.8 Å². The van der Waals surface area contributed by atoms with Crippen LogP contribution < -0.4 is 0 Å². The molecule has 0 aliphatic carbocycles. The highest BCUT2D eigenvalue weighted by molar-refractivity contribution is 7.14. The van der Waals surface area contributed by atoms with Gasteiger partial charge in [-0.2, -0.15) is 0 Å². The van der Waals surface area contributed by atoms with E-state index in [0.29, 0.717) is 28.0 Å². The fourth-order valence-corrected chi connectivity index (χ4v) is 2.99. The molecular weight excluding hydrogens is 284 g/mol. The normalized spacial score (nSPS) is 11.6. The van der Waals surface area contributed by atoms with Crippen molar-refractivity contribution in [1.82, 2.24) is 9.97 Å². The Kier molecular flexibility index (Phi) is 3.98. The molecule has 0 aliphatic rings. The molecule has 0 atom stereocenters. The first-order valence-corrected chi connectivity index (χ1v) is 7.49. The van der Waals surface area contributed by atoms with Crippen LogP contribution in [0.2, 0.25) is 0 Å². The molecule has 2 heterocycles. The Bertz CT molecular complexity index is 584. The molecule has 0 saturated heterocycles. The largest absolute Gasteiger partial charge is 0.461 e. The van der Waals surface area contributed by atoms with Crippen molar-refractivity contribution in [1.29, 1.82) is 0 Å². The van der Waals surface area contributed by atoms with Gasteiger partial charge in [0, 0.05) is 10.8 Å². The molecule has 5 nitrogen and oxygen atoms in total. The maximum absolute atomic E-state index is 11.5. The molecule has 2 rings (SSSR count). The average Bonchev–Trinajstić information content (AvgIpc) is 2.97. The van der Waals surface area contributed by atoms with Gasteiger partial charge in [-0.05, 0) is 20.8 Å². The lowest BCUT2D eigenvalue weighted by Gasteiger charge is -2.12. The van der Waals surface area contributed by atoms with E-state index in [1.54, 1.807) is 26.2 Å². The summed E-state index contributed by atoms with van der Waals surface area (Å²) >= 11 is 2.70. The minimum absolute atomic E-state index is 0.291. The number of hydrogen-bond donors (Lipinski definition) is 1. The zero-order valence-corrected chi connectivity index (χ0v) is 12.5. The van der Waals surface area contributed by atoms with Crippen LogP contribution in [0.1, 0.15) is 36.3 Å². The van der Waals surface area contributed by atoms with Crippen molar-refractivity contribution in [3.05, 3.63) is 21.5 Å². The van der Waals surface area contributed by atoms with Crippen molar-refractivity contribution >= 4 is 28.6 Å². The standard InChI is InChI=1S/C12H14N2O3S2/c1-4-17-10(15)8-6-18-9(13-8)7-5-19-11(14-7)12(2,3)16/h5-6,16H,4H2,1-3H3. The lowest BCUT2D eigenvalue weighted by molar-refractivity contribution is 0.0520.